The van der Waals surface area contributed by atoms with E-state index in [1.54, 1.807) is 42.5 Å². The summed E-state index contributed by atoms with van der Waals surface area (Å²) < 4.78 is 0. The van der Waals surface area contributed by atoms with Crippen LogP contribution in [0.3, 0.4) is 0 Å². The lowest BCUT2D eigenvalue weighted by molar-refractivity contribution is -0.171. The largest absolute Gasteiger partial charge is 0.382 e. The molecule has 6 fully saturated rings. The molecule has 0 radical (unpaired) electrons. The van der Waals surface area contributed by atoms with Crippen molar-refractivity contribution in [3.8, 4) is 0 Å². The molecular formula is C45H42N2O6. The van der Waals surface area contributed by atoms with E-state index in [4.69, 9.17) is 0 Å². The first-order chi connectivity index (χ1) is 25.8. The van der Waals surface area contributed by atoms with E-state index in [1.807, 2.05) is 24.3 Å². The van der Waals surface area contributed by atoms with Gasteiger partial charge in [0.05, 0.1) is 5.56 Å². The molecule has 268 valence electrons. The van der Waals surface area contributed by atoms with Crippen molar-refractivity contribution in [3.63, 3.8) is 0 Å². The molecule has 1 saturated heterocycles. The van der Waals surface area contributed by atoms with E-state index in [0.29, 0.717) is 70.0 Å². The number of ketones is 6. The third-order valence-electron chi connectivity index (χ3n) is 15.4. The molecule has 0 amide bonds. The van der Waals surface area contributed by atoms with Gasteiger partial charge in [-0.05, 0) is 80.6 Å². The van der Waals surface area contributed by atoms with Crippen LogP contribution in [0.15, 0.2) is 66.7 Å². The van der Waals surface area contributed by atoms with Gasteiger partial charge in [0.2, 0.25) is 0 Å². The minimum atomic E-state index is -0.402. The number of Topliss-reactive ketones (excluding diaryl/α,β-unsaturated/α-hetero) is 4. The van der Waals surface area contributed by atoms with Crippen molar-refractivity contribution >= 4 is 40.4 Å². The number of piperidine rings is 1. The SMILES string of the molecule is O=C1c2ccccc2C(=O)c2c(NC3CCC4C(C3)C(=O)C3CCC5C6CCC7C(=O)c8ccccc8C(=O)C7C6NC6CC(=O)C4C3C65)cccc21. The average Bonchev–Trinajstić information content (AvgIpc) is 3.18. The molecule has 1 aliphatic heterocycles. The van der Waals surface area contributed by atoms with Gasteiger partial charge in [-0.2, -0.15) is 0 Å². The fourth-order valence-electron chi connectivity index (χ4n) is 13.6. The number of carbonyl (C=O) groups is 6. The Labute approximate surface area is 307 Å². The number of benzene rings is 3. The van der Waals surface area contributed by atoms with Crippen LogP contribution in [0.5, 0.6) is 0 Å². The number of carbonyl (C=O) groups excluding carboxylic acids is 6. The number of fused-ring (bicyclic) bond motifs is 9. The predicted octanol–water partition coefficient (Wildman–Crippen LogP) is 6.15. The molecule has 3 aromatic carbocycles. The zero-order valence-electron chi connectivity index (χ0n) is 29.5. The van der Waals surface area contributed by atoms with Gasteiger partial charge in [-0.1, -0.05) is 60.7 Å². The van der Waals surface area contributed by atoms with Gasteiger partial charge in [-0.3, -0.25) is 28.8 Å². The molecule has 11 rings (SSSR count). The van der Waals surface area contributed by atoms with Crippen LogP contribution in [0.1, 0.15) is 104 Å². The smallest absolute Gasteiger partial charge is 0.196 e. The van der Waals surface area contributed by atoms with Gasteiger partial charge >= 0.3 is 0 Å². The molecular weight excluding hydrogens is 665 g/mol. The standard InChI is InChI=1S/C45H42N2O6/c48-34-19-33-35-21(23-15-17-30-39(40(23)47-33)45(53)27-9-4-2-7-25(27)42(30)50)14-16-29-38(35)37(34)22-13-12-20(18-31(22)43(29)51)46-32-11-5-10-28-36(32)44(52)26-8-3-1-6-24(26)41(28)49/h1-11,20-23,29-31,33,35,37-40,46-47H,12-19H2. The first-order valence-corrected chi connectivity index (χ1v) is 19.9. The molecule has 5 saturated carbocycles. The van der Waals surface area contributed by atoms with Gasteiger partial charge in [0, 0.05) is 87.6 Å². The van der Waals surface area contributed by atoms with Crippen LogP contribution in [0, 0.1) is 59.2 Å². The molecule has 3 aromatic rings. The van der Waals surface area contributed by atoms with E-state index in [0.717, 1.165) is 32.1 Å². The highest BCUT2D eigenvalue weighted by atomic mass is 16.2. The summed E-state index contributed by atoms with van der Waals surface area (Å²) in [5.74, 6) is 0.0308. The molecule has 13 atom stereocenters. The highest BCUT2D eigenvalue weighted by Crippen LogP contribution is 2.62. The first kappa shape index (κ1) is 31.9. The highest BCUT2D eigenvalue weighted by molar-refractivity contribution is 6.30. The van der Waals surface area contributed by atoms with Gasteiger partial charge in [0.1, 0.15) is 11.6 Å². The number of rotatable bonds is 2. The minimum Gasteiger partial charge on any atom is -0.382 e. The lowest BCUT2D eigenvalue weighted by atomic mass is 9.42. The Balaban J connectivity index is 0.860. The van der Waals surface area contributed by atoms with Crippen LogP contribution in [-0.2, 0) is 9.59 Å². The Hall–Kier alpha value is -4.56. The maximum atomic E-state index is 14.6. The molecule has 53 heavy (non-hydrogen) atoms. The second kappa shape index (κ2) is 11.5. The summed E-state index contributed by atoms with van der Waals surface area (Å²) in [7, 11) is 0. The summed E-state index contributed by atoms with van der Waals surface area (Å²) in [6.45, 7) is 0. The Kier molecular flexibility index (Phi) is 6.91. The topological polar surface area (TPSA) is 126 Å². The zero-order valence-corrected chi connectivity index (χ0v) is 29.5. The van der Waals surface area contributed by atoms with Gasteiger partial charge < -0.3 is 10.6 Å². The normalized spacial score (nSPS) is 39.1. The second-order valence-corrected chi connectivity index (χ2v) is 17.4. The second-order valence-electron chi connectivity index (χ2n) is 17.4. The Morgan fingerprint density at radius 3 is 2.00 bits per heavy atom. The molecule has 8 heteroatoms. The number of nitrogens with one attached hydrogen (secondary N) is 2. The third kappa shape index (κ3) is 4.33. The summed E-state index contributed by atoms with van der Waals surface area (Å²) in [5, 5.41) is 7.49. The van der Waals surface area contributed by atoms with Gasteiger partial charge in [-0.15, -0.1) is 0 Å². The van der Waals surface area contributed by atoms with Crippen molar-refractivity contribution in [2.75, 3.05) is 5.32 Å². The summed E-state index contributed by atoms with van der Waals surface area (Å²) in [4.78, 5) is 83.9. The van der Waals surface area contributed by atoms with Crippen molar-refractivity contribution in [1.82, 2.24) is 5.32 Å². The molecule has 8 nitrogen and oxygen atoms in total. The lowest BCUT2D eigenvalue weighted by Gasteiger charge is -2.64. The molecule has 2 N–H and O–H groups in total. The van der Waals surface area contributed by atoms with E-state index in [2.05, 4.69) is 10.6 Å². The molecule has 13 unspecified atom stereocenters. The quantitative estimate of drug-likeness (QED) is 0.254. The predicted molar refractivity (Wildman–Crippen MR) is 195 cm³/mol. The fraction of sp³-hybridized carbons (Fsp3) is 0.467. The van der Waals surface area contributed by atoms with E-state index in [9.17, 15) is 28.8 Å². The Morgan fingerprint density at radius 1 is 0.547 bits per heavy atom. The molecule has 7 aliphatic carbocycles. The summed E-state index contributed by atoms with van der Waals surface area (Å²) >= 11 is 0. The van der Waals surface area contributed by atoms with Crippen LogP contribution in [0.4, 0.5) is 5.69 Å². The number of hydrogen-bond acceptors (Lipinski definition) is 8. The zero-order chi connectivity index (χ0) is 35.9. The van der Waals surface area contributed by atoms with E-state index in [1.165, 1.54) is 0 Å². The van der Waals surface area contributed by atoms with Crippen LogP contribution < -0.4 is 10.6 Å². The molecule has 0 spiro atoms. The van der Waals surface area contributed by atoms with E-state index >= 15 is 0 Å². The van der Waals surface area contributed by atoms with Crippen molar-refractivity contribution in [2.45, 2.75) is 69.5 Å². The number of hydrogen-bond donors (Lipinski definition) is 2. The Bertz CT molecular complexity index is 2190. The molecule has 1 heterocycles. The van der Waals surface area contributed by atoms with Crippen molar-refractivity contribution in [2.24, 2.45) is 59.2 Å². The molecule has 0 bridgehead atoms. The van der Waals surface area contributed by atoms with Crippen molar-refractivity contribution in [3.05, 3.63) is 100 Å². The van der Waals surface area contributed by atoms with Gasteiger partial charge in [-0.25, -0.2) is 0 Å². The van der Waals surface area contributed by atoms with Gasteiger partial charge in [0.25, 0.3) is 0 Å². The lowest BCUT2D eigenvalue weighted by Crippen LogP contribution is -2.71. The fourth-order valence-corrected chi connectivity index (χ4v) is 13.6. The van der Waals surface area contributed by atoms with Gasteiger partial charge in [0.15, 0.2) is 23.1 Å². The van der Waals surface area contributed by atoms with Crippen LogP contribution in [-0.4, -0.2) is 52.8 Å². The first-order valence-electron chi connectivity index (χ1n) is 19.9. The van der Waals surface area contributed by atoms with Crippen LogP contribution >= 0.6 is 0 Å². The van der Waals surface area contributed by atoms with Crippen molar-refractivity contribution < 1.29 is 28.8 Å². The maximum Gasteiger partial charge on any atom is 0.196 e. The highest BCUT2D eigenvalue weighted by Gasteiger charge is 2.66. The van der Waals surface area contributed by atoms with E-state index < -0.39 is 5.92 Å². The van der Waals surface area contributed by atoms with Crippen LogP contribution in [0.2, 0.25) is 0 Å². The number of anilines is 1. The molecule has 0 aromatic heterocycles. The Morgan fingerprint density at radius 2 is 1.21 bits per heavy atom. The van der Waals surface area contributed by atoms with Crippen molar-refractivity contribution in [1.29, 1.82) is 0 Å². The van der Waals surface area contributed by atoms with E-state index in [-0.39, 0.29) is 94.4 Å². The van der Waals surface area contributed by atoms with Crippen LogP contribution in [0.25, 0.3) is 0 Å². The maximum absolute atomic E-state index is 14.6. The average molecular weight is 707 g/mol. The summed E-state index contributed by atoms with van der Waals surface area (Å²) in [6, 6.07) is 19.4. The minimum absolute atomic E-state index is 0.0104. The molecule has 8 aliphatic rings. The monoisotopic (exact) mass is 706 g/mol. The third-order valence-corrected chi connectivity index (χ3v) is 15.4. The summed E-state index contributed by atoms with van der Waals surface area (Å²) in [6.07, 6.45) is 5.87. The summed E-state index contributed by atoms with van der Waals surface area (Å²) in [5.41, 5.74) is 3.39.